The van der Waals surface area contributed by atoms with Gasteiger partial charge in [-0.25, -0.2) is 0 Å². The molecule has 1 saturated heterocycles. The van der Waals surface area contributed by atoms with Crippen molar-refractivity contribution in [2.24, 2.45) is 5.92 Å². The molecule has 0 saturated carbocycles. The number of aryl methyl sites for hydroxylation is 1. The lowest BCUT2D eigenvalue weighted by Crippen LogP contribution is -2.32. The monoisotopic (exact) mass is 338 g/mol. The Kier molecular flexibility index (Phi) is 5.03. The van der Waals surface area contributed by atoms with Crippen LogP contribution in [0, 0.1) is 12.8 Å². The normalized spacial score (nSPS) is 16.8. The highest BCUT2D eigenvalue weighted by molar-refractivity contribution is 6.00. The molecule has 1 fully saturated rings. The molecular weight excluding hydrogens is 316 g/mol. The molecule has 130 valence electrons. The van der Waals surface area contributed by atoms with E-state index in [0.717, 1.165) is 22.6 Å². The van der Waals surface area contributed by atoms with Crippen molar-refractivity contribution >= 4 is 17.5 Å². The van der Waals surface area contributed by atoms with E-state index in [4.69, 9.17) is 4.74 Å². The number of hydrogen-bond acceptors (Lipinski definition) is 3. The summed E-state index contributed by atoms with van der Waals surface area (Å²) >= 11 is 0. The van der Waals surface area contributed by atoms with Crippen LogP contribution in [0.3, 0.4) is 0 Å². The Bertz CT molecular complexity index is 771. The number of hydrogen-bond donors (Lipinski definition) is 1. The molecule has 25 heavy (non-hydrogen) atoms. The number of nitrogens with one attached hydrogen (secondary N) is 1. The van der Waals surface area contributed by atoms with Gasteiger partial charge in [0.05, 0.1) is 13.0 Å². The minimum absolute atomic E-state index is 0.0267. The fraction of sp³-hybridized carbons (Fsp3) is 0.300. The Labute approximate surface area is 147 Å². The molecule has 1 atom stereocenters. The highest BCUT2D eigenvalue weighted by atomic mass is 16.5. The molecule has 0 aliphatic carbocycles. The van der Waals surface area contributed by atoms with Crippen molar-refractivity contribution in [3.05, 3.63) is 59.7 Å². The molecule has 0 bridgehead atoms. The molecule has 5 nitrogen and oxygen atoms in total. The van der Waals surface area contributed by atoms with E-state index in [-0.39, 0.29) is 24.2 Å². The number of methoxy groups -OCH3 is 1. The standard InChI is InChI=1S/C20H22N2O3/c1-14-5-3-4-6-15(14)12-21-20(24)16-11-19(23)22(13-16)17-7-9-18(25-2)10-8-17/h3-10,16H,11-13H2,1-2H3,(H,21,24)/t16-/m0/s1. The van der Waals surface area contributed by atoms with Gasteiger partial charge in [0.2, 0.25) is 11.8 Å². The van der Waals surface area contributed by atoms with E-state index in [2.05, 4.69) is 5.32 Å². The van der Waals surface area contributed by atoms with Crippen LogP contribution in [0.4, 0.5) is 5.69 Å². The molecule has 1 heterocycles. The third kappa shape index (κ3) is 3.82. The molecule has 0 aromatic heterocycles. The van der Waals surface area contributed by atoms with E-state index >= 15 is 0 Å². The first kappa shape index (κ1) is 17.0. The van der Waals surface area contributed by atoms with Crippen LogP contribution in [0.25, 0.3) is 0 Å². The van der Waals surface area contributed by atoms with Crippen LogP contribution in [0.1, 0.15) is 17.5 Å². The summed E-state index contributed by atoms with van der Waals surface area (Å²) in [5, 5.41) is 2.95. The number of rotatable bonds is 5. The first-order valence-corrected chi connectivity index (χ1v) is 8.35. The molecule has 0 radical (unpaired) electrons. The second-order valence-electron chi connectivity index (χ2n) is 6.25. The summed E-state index contributed by atoms with van der Waals surface area (Å²) in [7, 11) is 1.60. The van der Waals surface area contributed by atoms with Gasteiger partial charge in [-0.05, 0) is 42.3 Å². The fourth-order valence-electron chi connectivity index (χ4n) is 3.03. The van der Waals surface area contributed by atoms with Gasteiger partial charge in [0, 0.05) is 25.2 Å². The van der Waals surface area contributed by atoms with Crippen LogP contribution in [-0.4, -0.2) is 25.5 Å². The Morgan fingerprint density at radius 1 is 1.20 bits per heavy atom. The zero-order chi connectivity index (χ0) is 17.8. The smallest absolute Gasteiger partial charge is 0.227 e. The average molecular weight is 338 g/mol. The molecule has 1 N–H and O–H groups in total. The van der Waals surface area contributed by atoms with E-state index < -0.39 is 0 Å². The molecule has 2 aromatic rings. The largest absolute Gasteiger partial charge is 0.497 e. The Morgan fingerprint density at radius 2 is 1.92 bits per heavy atom. The predicted molar refractivity (Wildman–Crippen MR) is 96.5 cm³/mol. The topological polar surface area (TPSA) is 58.6 Å². The lowest BCUT2D eigenvalue weighted by molar-refractivity contribution is -0.126. The summed E-state index contributed by atoms with van der Waals surface area (Å²) in [6.07, 6.45) is 0.242. The van der Waals surface area contributed by atoms with Gasteiger partial charge in [0.15, 0.2) is 0 Å². The van der Waals surface area contributed by atoms with Gasteiger partial charge in [0.25, 0.3) is 0 Å². The van der Waals surface area contributed by atoms with E-state index in [1.165, 1.54) is 0 Å². The van der Waals surface area contributed by atoms with Gasteiger partial charge in [-0.3, -0.25) is 9.59 Å². The molecule has 0 spiro atoms. The third-order valence-corrected chi connectivity index (χ3v) is 4.59. The number of benzene rings is 2. The van der Waals surface area contributed by atoms with Crippen molar-refractivity contribution in [3.8, 4) is 5.75 Å². The first-order chi connectivity index (χ1) is 12.1. The molecule has 1 aliphatic heterocycles. The van der Waals surface area contributed by atoms with Crippen molar-refractivity contribution < 1.29 is 14.3 Å². The van der Waals surface area contributed by atoms with E-state index in [1.54, 1.807) is 12.0 Å². The van der Waals surface area contributed by atoms with Gasteiger partial charge < -0.3 is 15.0 Å². The van der Waals surface area contributed by atoms with Crippen molar-refractivity contribution in [2.45, 2.75) is 19.9 Å². The van der Waals surface area contributed by atoms with Gasteiger partial charge in [0.1, 0.15) is 5.75 Å². The molecule has 0 unspecified atom stereocenters. The molecule has 2 aromatic carbocycles. The second kappa shape index (κ2) is 7.38. The summed E-state index contributed by atoms with van der Waals surface area (Å²) in [4.78, 5) is 26.4. The zero-order valence-corrected chi connectivity index (χ0v) is 14.5. The number of anilines is 1. The Morgan fingerprint density at radius 3 is 2.60 bits per heavy atom. The van der Waals surface area contributed by atoms with Crippen LogP contribution in [-0.2, 0) is 16.1 Å². The highest BCUT2D eigenvalue weighted by Crippen LogP contribution is 2.27. The number of nitrogens with zero attached hydrogens (tertiary/aromatic N) is 1. The number of ether oxygens (including phenoxy) is 1. The fourth-order valence-corrected chi connectivity index (χ4v) is 3.03. The van der Waals surface area contributed by atoms with Gasteiger partial charge in [-0.15, -0.1) is 0 Å². The lowest BCUT2D eigenvalue weighted by Gasteiger charge is -2.17. The lowest BCUT2D eigenvalue weighted by atomic mass is 10.1. The van der Waals surface area contributed by atoms with Gasteiger partial charge in [-0.2, -0.15) is 0 Å². The van der Waals surface area contributed by atoms with Crippen molar-refractivity contribution in [3.63, 3.8) is 0 Å². The predicted octanol–water partition coefficient (Wildman–Crippen LogP) is 2.67. The second-order valence-corrected chi connectivity index (χ2v) is 6.25. The number of carbonyl (C=O) groups is 2. The SMILES string of the molecule is COc1ccc(N2C[C@@H](C(=O)NCc3ccccc3C)CC2=O)cc1. The van der Waals surface area contributed by atoms with E-state index in [1.807, 2.05) is 55.5 Å². The molecule has 2 amide bonds. The minimum Gasteiger partial charge on any atom is -0.497 e. The zero-order valence-electron chi connectivity index (χ0n) is 14.5. The first-order valence-electron chi connectivity index (χ1n) is 8.35. The van der Waals surface area contributed by atoms with Crippen molar-refractivity contribution in [1.29, 1.82) is 0 Å². The van der Waals surface area contributed by atoms with Crippen LogP contribution in [0.5, 0.6) is 5.75 Å². The molecule has 3 rings (SSSR count). The maximum absolute atomic E-state index is 12.4. The molecular formula is C20H22N2O3. The molecule has 1 aliphatic rings. The van der Waals surface area contributed by atoms with Crippen molar-refractivity contribution in [1.82, 2.24) is 5.32 Å². The Hall–Kier alpha value is -2.82. The van der Waals surface area contributed by atoms with Crippen LogP contribution in [0.2, 0.25) is 0 Å². The summed E-state index contributed by atoms with van der Waals surface area (Å²) in [5.74, 6) is 0.315. The Balaban J connectivity index is 1.61. The van der Waals surface area contributed by atoms with Gasteiger partial charge in [-0.1, -0.05) is 24.3 Å². The summed E-state index contributed by atoms with van der Waals surface area (Å²) in [6, 6.07) is 15.3. The highest BCUT2D eigenvalue weighted by Gasteiger charge is 2.35. The summed E-state index contributed by atoms with van der Waals surface area (Å²) in [5.41, 5.74) is 3.03. The minimum atomic E-state index is -0.321. The summed E-state index contributed by atoms with van der Waals surface area (Å²) in [6.45, 7) is 2.91. The average Bonchev–Trinajstić information content (AvgIpc) is 3.03. The maximum atomic E-state index is 12.4. The summed E-state index contributed by atoms with van der Waals surface area (Å²) < 4.78 is 5.13. The van der Waals surface area contributed by atoms with Crippen LogP contribution in [0.15, 0.2) is 48.5 Å². The quantitative estimate of drug-likeness (QED) is 0.912. The van der Waals surface area contributed by atoms with Gasteiger partial charge >= 0.3 is 0 Å². The maximum Gasteiger partial charge on any atom is 0.227 e. The van der Waals surface area contributed by atoms with Crippen LogP contribution >= 0.6 is 0 Å². The third-order valence-electron chi connectivity index (χ3n) is 4.59. The van der Waals surface area contributed by atoms with E-state index in [9.17, 15) is 9.59 Å². The van der Waals surface area contributed by atoms with E-state index in [0.29, 0.717) is 13.1 Å². The number of amides is 2. The number of carbonyl (C=O) groups excluding carboxylic acids is 2. The van der Waals surface area contributed by atoms with Crippen molar-refractivity contribution in [2.75, 3.05) is 18.6 Å². The van der Waals surface area contributed by atoms with Crippen LogP contribution < -0.4 is 15.0 Å². The molecule has 5 heteroatoms.